The van der Waals surface area contributed by atoms with Gasteiger partial charge in [-0.05, 0) is 32.1 Å². The number of carbonyl (C=O) groups is 1. The Kier molecular flexibility index (Phi) is 26.3. The Labute approximate surface area is 187 Å². The summed E-state index contributed by atoms with van der Waals surface area (Å²) in [5.41, 5.74) is 0. The fraction of sp³-hybridized carbons (Fsp3) is 0.842. The van der Waals surface area contributed by atoms with Gasteiger partial charge in [0.25, 0.3) is 0 Å². The fourth-order valence-electron chi connectivity index (χ4n) is 2.36. The fourth-order valence-corrected chi connectivity index (χ4v) is 2.36. The normalized spacial score (nSPS) is 12.1. The molecule has 0 radical (unpaired) electrons. The monoisotopic (exact) mass is 416 g/mol. The van der Waals surface area contributed by atoms with E-state index in [2.05, 4.69) is 19.1 Å². The van der Waals surface area contributed by atoms with Gasteiger partial charge in [0, 0.05) is 12.7 Å². The first-order chi connectivity index (χ1) is 12.2. The van der Waals surface area contributed by atoms with Gasteiger partial charge in [0.15, 0.2) is 0 Å². The van der Waals surface area contributed by atoms with E-state index in [1.807, 2.05) is 0 Å². The molecule has 0 fully saturated rings. The van der Waals surface area contributed by atoms with Crippen molar-refractivity contribution >= 4 is 16.1 Å². The maximum absolute atomic E-state index is 10.3. The van der Waals surface area contributed by atoms with E-state index < -0.39 is 16.1 Å². The van der Waals surface area contributed by atoms with Crippen molar-refractivity contribution in [3.63, 3.8) is 0 Å². The van der Waals surface area contributed by atoms with Gasteiger partial charge >= 0.3 is 35.5 Å². The predicted molar refractivity (Wildman–Crippen MR) is 104 cm³/mol. The van der Waals surface area contributed by atoms with Gasteiger partial charge < -0.3 is 14.8 Å². The Balaban J connectivity index is -0.000000844. The van der Waals surface area contributed by atoms with Crippen LogP contribution in [-0.2, 0) is 14.9 Å². The predicted octanol–water partition coefficient (Wildman–Crippen LogP) is 1.24. The minimum absolute atomic E-state index is 0. The molecule has 0 spiro atoms. The van der Waals surface area contributed by atoms with Crippen LogP contribution in [0.4, 0.5) is 0 Å². The molecule has 0 aliphatic carbocycles. The molecular formula is C19H37NaO6S. The molecule has 0 aliphatic rings. The number of aliphatic hydroxyl groups is 1. The zero-order chi connectivity index (χ0) is 20.3. The third-order valence-electron chi connectivity index (χ3n) is 3.73. The van der Waals surface area contributed by atoms with E-state index >= 15 is 0 Å². The van der Waals surface area contributed by atoms with Crippen LogP contribution in [0.3, 0.4) is 0 Å². The molecule has 8 heteroatoms. The van der Waals surface area contributed by atoms with Gasteiger partial charge in [-0.3, -0.25) is 4.79 Å². The first-order valence-corrected chi connectivity index (χ1v) is 11.4. The van der Waals surface area contributed by atoms with Gasteiger partial charge in [-0.2, -0.15) is 0 Å². The van der Waals surface area contributed by atoms with E-state index in [4.69, 9.17) is 18.1 Å². The molecule has 0 heterocycles. The molecular weight excluding hydrogens is 379 g/mol. The van der Waals surface area contributed by atoms with Crippen molar-refractivity contribution in [1.82, 2.24) is 0 Å². The van der Waals surface area contributed by atoms with Crippen molar-refractivity contribution < 1.29 is 57.5 Å². The number of rotatable bonds is 15. The minimum Gasteiger partial charge on any atom is -0.748 e. The van der Waals surface area contributed by atoms with E-state index in [0.29, 0.717) is 12.7 Å². The number of carboxylic acids is 1. The van der Waals surface area contributed by atoms with Crippen molar-refractivity contribution in [1.29, 1.82) is 0 Å². The zero-order valence-corrected chi connectivity index (χ0v) is 20.2. The van der Waals surface area contributed by atoms with Crippen LogP contribution in [0.25, 0.3) is 0 Å². The van der Waals surface area contributed by atoms with Gasteiger partial charge in [-0.25, -0.2) is 8.42 Å². The topological polar surface area (TPSA) is 115 Å². The van der Waals surface area contributed by atoms with E-state index in [0.717, 1.165) is 51.4 Å². The number of aliphatic hydroxyl groups excluding tert-OH is 1. The van der Waals surface area contributed by atoms with Crippen molar-refractivity contribution in [2.45, 2.75) is 96.5 Å². The maximum Gasteiger partial charge on any atom is 1.00 e. The summed E-state index contributed by atoms with van der Waals surface area (Å²) in [6, 6.07) is 0. The Morgan fingerprint density at radius 2 is 1.52 bits per heavy atom. The number of hydrogen-bond donors (Lipinski definition) is 2. The van der Waals surface area contributed by atoms with E-state index in [-0.39, 0.29) is 35.7 Å². The van der Waals surface area contributed by atoms with Crippen molar-refractivity contribution in [3.8, 4) is 0 Å². The van der Waals surface area contributed by atoms with Crippen LogP contribution in [0.1, 0.15) is 90.4 Å². The van der Waals surface area contributed by atoms with Gasteiger partial charge in [0.2, 0.25) is 0 Å². The number of aliphatic carboxylic acids is 1. The van der Waals surface area contributed by atoms with E-state index in [1.165, 1.54) is 25.7 Å². The number of unbranched alkanes of at least 4 members (excludes halogenated alkanes) is 8. The third kappa shape index (κ3) is 41.5. The van der Waals surface area contributed by atoms with Gasteiger partial charge in [-0.15, -0.1) is 0 Å². The molecule has 0 aromatic carbocycles. The quantitative estimate of drug-likeness (QED) is 0.180. The summed E-state index contributed by atoms with van der Waals surface area (Å²) in [6.07, 6.45) is 18.0. The van der Waals surface area contributed by atoms with E-state index in [1.54, 1.807) is 0 Å². The van der Waals surface area contributed by atoms with Gasteiger partial charge in [-0.1, -0.05) is 64.0 Å². The summed E-state index contributed by atoms with van der Waals surface area (Å²) < 4.78 is 27.2. The molecule has 0 saturated carbocycles. The Morgan fingerprint density at radius 3 is 2.07 bits per heavy atom. The van der Waals surface area contributed by atoms with Crippen molar-refractivity contribution in [3.05, 3.63) is 12.2 Å². The molecule has 27 heavy (non-hydrogen) atoms. The van der Waals surface area contributed by atoms with E-state index in [9.17, 15) is 9.90 Å². The summed E-state index contributed by atoms with van der Waals surface area (Å²) in [6.45, 7) is 2.20. The summed E-state index contributed by atoms with van der Waals surface area (Å²) in [5, 5.41) is 18.3. The first-order valence-electron chi connectivity index (χ1n) is 9.62. The summed E-state index contributed by atoms with van der Waals surface area (Å²) in [4.78, 5) is 10.3. The van der Waals surface area contributed by atoms with Gasteiger partial charge in [0.1, 0.15) is 0 Å². The number of hydrogen-bond acceptors (Lipinski definition) is 5. The van der Waals surface area contributed by atoms with Crippen molar-refractivity contribution in [2.75, 3.05) is 6.26 Å². The molecule has 0 aliphatic heterocycles. The van der Waals surface area contributed by atoms with Crippen LogP contribution in [0, 0.1) is 0 Å². The Morgan fingerprint density at radius 1 is 1.00 bits per heavy atom. The number of allylic oxidation sites excluding steroid dienone is 1. The molecule has 0 aromatic rings. The molecule has 156 valence electrons. The second-order valence-electron chi connectivity index (χ2n) is 6.61. The average Bonchev–Trinajstić information content (AvgIpc) is 2.51. The molecule has 0 unspecified atom stereocenters. The molecule has 0 amide bonds. The first kappa shape index (κ1) is 31.8. The molecule has 0 rings (SSSR count). The maximum atomic E-state index is 10.3. The summed E-state index contributed by atoms with van der Waals surface area (Å²) in [7, 11) is -3.92. The molecule has 2 N–H and O–H groups in total. The van der Waals surface area contributed by atoms with Crippen LogP contribution >= 0.6 is 0 Å². The third-order valence-corrected chi connectivity index (χ3v) is 3.73. The second kappa shape index (κ2) is 22.4. The van der Waals surface area contributed by atoms with Gasteiger partial charge in [0.05, 0.1) is 16.2 Å². The molecule has 0 aromatic heterocycles. The Hall–Kier alpha value is 0.0800. The van der Waals surface area contributed by atoms with Crippen LogP contribution in [-0.4, -0.2) is 41.5 Å². The van der Waals surface area contributed by atoms with Crippen LogP contribution in [0.15, 0.2) is 12.2 Å². The van der Waals surface area contributed by atoms with Crippen LogP contribution < -0.4 is 29.6 Å². The molecule has 1 atom stereocenters. The number of carboxylic acid groups (broad SMARTS) is 1. The minimum atomic E-state index is -3.92. The SMILES string of the molecule is CCCCCC[C@@H](O)C/C=C\CCCCCCCC(=O)O.CS(=O)(=O)[O-].[Na+]. The molecule has 0 bridgehead atoms. The summed E-state index contributed by atoms with van der Waals surface area (Å²) in [5.74, 6) is -0.689. The Bertz CT molecular complexity index is 443. The second-order valence-corrected chi connectivity index (χ2v) is 8.02. The van der Waals surface area contributed by atoms with Crippen LogP contribution in [0.5, 0.6) is 0 Å². The standard InChI is InChI=1S/C18H34O3.CH4O3S.Na/c1-2-3-4-11-14-17(19)15-12-9-7-5-6-8-10-13-16-18(20)21;1-5(2,3)4;/h9,12,17,19H,2-8,10-11,13-16H2,1H3,(H,20,21);1H3,(H,2,3,4);/q;;+1/p-1/b12-9-;;/t17-;;/m1../s1. The molecule has 0 saturated heterocycles. The largest absolute Gasteiger partial charge is 1.00 e. The average molecular weight is 417 g/mol. The van der Waals surface area contributed by atoms with Crippen LogP contribution in [0.2, 0.25) is 0 Å². The van der Waals surface area contributed by atoms with Crippen molar-refractivity contribution in [2.24, 2.45) is 0 Å². The zero-order valence-electron chi connectivity index (χ0n) is 17.4. The summed E-state index contributed by atoms with van der Waals surface area (Å²) >= 11 is 0. The smallest absolute Gasteiger partial charge is 0.748 e. The molecule has 6 nitrogen and oxygen atoms in total.